The number of furan rings is 1. The number of amides is 1. The molecule has 0 fully saturated rings. The van der Waals surface area contributed by atoms with Crippen molar-refractivity contribution in [3.05, 3.63) is 80.9 Å². The minimum absolute atomic E-state index is 0.0696. The van der Waals surface area contributed by atoms with Gasteiger partial charge in [-0.1, -0.05) is 30.3 Å². The van der Waals surface area contributed by atoms with Gasteiger partial charge in [-0.05, 0) is 49.9 Å². The molecule has 2 aromatic heterocycles. The first-order valence-corrected chi connectivity index (χ1v) is 10.3. The fourth-order valence-electron chi connectivity index (χ4n) is 3.91. The predicted molar refractivity (Wildman–Crippen MR) is 117 cm³/mol. The molecule has 1 N–H and O–H groups in total. The Hall–Kier alpha value is -3.87. The highest BCUT2D eigenvalue weighted by Gasteiger charge is 2.19. The summed E-state index contributed by atoms with van der Waals surface area (Å²) in [5.74, 6) is -1.10. The van der Waals surface area contributed by atoms with E-state index in [4.69, 9.17) is 8.83 Å². The summed E-state index contributed by atoms with van der Waals surface area (Å²) in [6, 6.07) is 10.7. The number of fused-ring (bicyclic) bond motifs is 2. The van der Waals surface area contributed by atoms with E-state index in [-0.39, 0.29) is 12.8 Å². The van der Waals surface area contributed by atoms with Gasteiger partial charge in [0.1, 0.15) is 16.9 Å². The molecule has 2 heterocycles. The Labute approximate surface area is 183 Å². The van der Waals surface area contributed by atoms with Gasteiger partial charge in [0, 0.05) is 28.8 Å². The first-order valence-electron chi connectivity index (χ1n) is 10.3. The molecule has 7 nitrogen and oxygen atoms in total. The van der Waals surface area contributed by atoms with Crippen LogP contribution >= 0.6 is 0 Å². The Kier molecular flexibility index (Phi) is 5.57. The number of benzene rings is 2. The molecule has 1 atom stereocenters. The zero-order chi connectivity index (χ0) is 23.0. The maximum Gasteiger partial charge on any atom is 0.339 e. The fraction of sp³-hybridized carbons (Fsp3) is 0.240. The van der Waals surface area contributed by atoms with Crippen molar-refractivity contribution in [3.63, 3.8) is 0 Å². The topological polar surface area (TPSA) is 113 Å². The normalized spacial score (nSPS) is 12.2. The minimum Gasteiger partial charge on any atom is -0.548 e. The molecule has 7 heteroatoms. The molecule has 4 aromatic rings. The molecule has 0 saturated heterocycles. The SMILES string of the molecule is Cc1oc2cc3oc(=O)c(CCC(=O)N[C@@H](C(=O)[O-])c4ccccc4)c(C)c3cc2c1C. The smallest absolute Gasteiger partial charge is 0.339 e. The van der Waals surface area contributed by atoms with Gasteiger partial charge in [0.05, 0.1) is 12.0 Å². The van der Waals surface area contributed by atoms with Crippen LogP contribution in [-0.4, -0.2) is 11.9 Å². The maximum atomic E-state index is 12.6. The molecule has 0 saturated carbocycles. The summed E-state index contributed by atoms with van der Waals surface area (Å²) >= 11 is 0. The van der Waals surface area contributed by atoms with Crippen LogP contribution in [0.25, 0.3) is 21.9 Å². The minimum atomic E-state index is -1.40. The average Bonchev–Trinajstić information content (AvgIpc) is 3.04. The van der Waals surface area contributed by atoms with Crippen molar-refractivity contribution in [1.29, 1.82) is 0 Å². The Morgan fingerprint density at radius 3 is 2.31 bits per heavy atom. The van der Waals surface area contributed by atoms with Crippen molar-refractivity contribution in [1.82, 2.24) is 5.32 Å². The van der Waals surface area contributed by atoms with Gasteiger partial charge < -0.3 is 24.1 Å². The number of carbonyl (C=O) groups is 2. The van der Waals surface area contributed by atoms with Crippen LogP contribution in [0.3, 0.4) is 0 Å². The van der Waals surface area contributed by atoms with Crippen molar-refractivity contribution in [2.45, 2.75) is 39.7 Å². The highest BCUT2D eigenvalue weighted by Crippen LogP contribution is 2.31. The molecule has 2 aromatic carbocycles. The van der Waals surface area contributed by atoms with Crippen molar-refractivity contribution in [3.8, 4) is 0 Å². The van der Waals surface area contributed by atoms with Crippen molar-refractivity contribution in [2.24, 2.45) is 0 Å². The first kappa shape index (κ1) is 21.4. The summed E-state index contributed by atoms with van der Waals surface area (Å²) < 4.78 is 11.2. The Bertz CT molecular complexity index is 1400. The lowest BCUT2D eigenvalue weighted by Crippen LogP contribution is -2.41. The van der Waals surface area contributed by atoms with Crippen molar-refractivity contribution < 1.29 is 23.5 Å². The molecule has 0 radical (unpaired) electrons. The average molecular weight is 432 g/mol. The van der Waals surface area contributed by atoms with Gasteiger partial charge in [-0.25, -0.2) is 4.79 Å². The number of aryl methyl sites for hydroxylation is 3. The number of hydrogen-bond acceptors (Lipinski definition) is 6. The lowest BCUT2D eigenvalue weighted by atomic mass is 10.00. The number of carbonyl (C=O) groups excluding carboxylic acids is 2. The van der Waals surface area contributed by atoms with Gasteiger partial charge in [-0.2, -0.15) is 0 Å². The molecule has 0 bridgehead atoms. The van der Waals surface area contributed by atoms with Gasteiger partial charge in [-0.15, -0.1) is 0 Å². The molecular formula is C25H22NO6-. The third kappa shape index (κ3) is 3.89. The van der Waals surface area contributed by atoms with Crippen LogP contribution in [0.15, 0.2) is 56.1 Å². The molecule has 32 heavy (non-hydrogen) atoms. The van der Waals surface area contributed by atoms with E-state index in [1.807, 2.05) is 26.8 Å². The van der Waals surface area contributed by atoms with Gasteiger partial charge in [0.2, 0.25) is 5.91 Å². The van der Waals surface area contributed by atoms with Crippen LogP contribution in [0.5, 0.6) is 0 Å². The molecule has 0 aliphatic rings. The Morgan fingerprint density at radius 1 is 0.969 bits per heavy atom. The summed E-state index contributed by atoms with van der Waals surface area (Å²) in [4.78, 5) is 36.6. The summed E-state index contributed by atoms with van der Waals surface area (Å²) in [6.07, 6.45) is 0.0474. The lowest BCUT2D eigenvalue weighted by molar-refractivity contribution is -0.308. The largest absolute Gasteiger partial charge is 0.548 e. The molecule has 4 rings (SSSR count). The molecule has 164 valence electrons. The molecule has 0 unspecified atom stereocenters. The summed E-state index contributed by atoms with van der Waals surface area (Å²) in [7, 11) is 0. The number of aliphatic carboxylic acids is 1. The standard InChI is InChI=1S/C25H23NO6/c1-13-15(3)31-20-12-21-19(11-18(13)20)14(2)17(25(30)32-21)9-10-22(27)26-23(24(28)29)16-7-5-4-6-8-16/h4-8,11-12,23H,9-10H2,1-3H3,(H,26,27)(H,28,29)/p-1/t23-/m1/s1. The zero-order valence-electron chi connectivity index (χ0n) is 18.0. The van der Waals surface area contributed by atoms with Crippen LogP contribution in [0.4, 0.5) is 0 Å². The highest BCUT2D eigenvalue weighted by atomic mass is 16.4. The summed E-state index contributed by atoms with van der Waals surface area (Å²) in [6.45, 7) is 5.66. The Morgan fingerprint density at radius 2 is 1.62 bits per heavy atom. The maximum absolute atomic E-state index is 12.6. The van der Waals surface area contributed by atoms with E-state index in [9.17, 15) is 19.5 Å². The van der Waals surface area contributed by atoms with Gasteiger partial charge in [-0.3, -0.25) is 4.79 Å². The van der Waals surface area contributed by atoms with E-state index >= 15 is 0 Å². The number of hydrogen-bond donors (Lipinski definition) is 1. The molecule has 1 amide bonds. The molecule has 0 aliphatic heterocycles. The number of carboxylic acid groups (broad SMARTS) is 1. The van der Waals surface area contributed by atoms with Crippen LogP contribution in [0.2, 0.25) is 0 Å². The quantitative estimate of drug-likeness (QED) is 0.469. The second-order valence-corrected chi connectivity index (χ2v) is 7.85. The third-order valence-electron chi connectivity index (χ3n) is 5.86. The van der Waals surface area contributed by atoms with E-state index < -0.39 is 23.5 Å². The second-order valence-electron chi connectivity index (χ2n) is 7.85. The third-order valence-corrected chi connectivity index (χ3v) is 5.86. The van der Waals surface area contributed by atoms with Gasteiger partial charge >= 0.3 is 5.63 Å². The van der Waals surface area contributed by atoms with Crippen LogP contribution in [0.1, 0.15) is 40.5 Å². The molecule has 0 aliphatic carbocycles. The first-order chi connectivity index (χ1) is 15.3. The van der Waals surface area contributed by atoms with Crippen molar-refractivity contribution in [2.75, 3.05) is 0 Å². The van der Waals surface area contributed by atoms with Crippen molar-refractivity contribution >= 4 is 33.8 Å². The summed E-state index contributed by atoms with van der Waals surface area (Å²) in [5.41, 5.74) is 3.08. The zero-order valence-corrected chi connectivity index (χ0v) is 18.0. The van der Waals surface area contributed by atoms with Gasteiger partial charge in [0.15, 0.2) is 0 Å². The van der Waals surface area contributed by atoms with E-state index in [0.29, 0.717) is 22.3 Å². The van der Waals surface area contributed by atoms with E-state index in [2.05, 4.69) is 5.32 Å². The monoisotopic (exact) mass is 432 g/mol. The molecular weight excluding hydrogens is 410 g/mol. The molecule has 0 spiro atoms. The Balaban J connectivity index is 1.59. The number of nitrogens with one attached hydrogen (secondary N) is 1. The van der Waals surface area contributed by atoms with E-state index in [1.165, 1.54) is 0 Å². The van der Waals surface area contributed by atoms with Crippen LogP contribution in [0, 0.1) is 20.8 Å². The van der Waals surface area contributed by atoms with Gasteiger partial charge in [0.25, 0.3) is 0 Å². The second kappa shape index (κ2) is 8.34. The number of rotatable bonds is 6. The van der Waals surface area contributed by atoms with E-state index in [1.54, 1.807) is 36.4 Å². The van der Waals surface area contributed by atoms with Crippen LogP contribution in [-0.2, 0) is 16.0 Å². The predicted octanol–water partition coefficient (Wildman–Crippen LogP) is 3.00. The van der Waals surface area contributed by atoms with E-state index in [0.717, 1.165) is 27.7 Å². The summed E-state index contributed by atoms with van der Waals surface area (Å²) in [5, 5.41) is 15.7. The highest BCUT2D eigenvalue weighted by molar-refractivity contribution is 5.96. The number of carboxylic acids is 1. The van der Waals surface area contributed by atoms with Crippen LogP contribution < -0.4 is 16.0 Å². The fourth-order valence-corrected chi connectivity index (χ4v) is 3.91. The lowest BCUT2D eigenvalue weighted by Gasteiger charge is -2.20.